The molecule has 0 bridgehead atoms. The second-order valence-corrected chi connectivity index (χ2v) is 5.01. The quantitative estimate of drug-likeness (QED) is 0.555. The van der Waals surface area contributed by atoms with E-state index in [-0.39, 0.29) is 5.97 Å². The molecule has 18 heavy (non-hydrogen) atoms. The van der Waals surface area contributed by atoms with Crippen LogP contribution in [-0.4, -0.2) is 49.8 Å². The highest BCUT2D eigenvalue weighted by Gasteiger charge is 2.30. The SMILES string of the molecule is COC(=O)C1CN(C2/C=C/CCCCC2)CCO1. The number of rotatable bonds is 2. The third-order valence-corrected chi connectivity index (χ3v) is 3.76. The summed E-state index contributed by atoms with van der Waals surface area (Å²) < 4.78 is 10.2. The Morgan fingerprint density at radius 2 is 2.28 bits per heavy atom. The molecule has 0 amide bonds. The zero-order valence-corrected chi connectivity index (χ0v) is 11.1. The Bertz CT molecular complexity index is 303. The van der Waals surface area contributed by atoms with Crippen LogP contribution in [0.3, 0.4) is 0 Å². The zero-order chi connectivity index (χ0) is 12.8. The van der Waals surface area contributed by atoms with Crippen LogP contribution in [0.1, 0.15) is 32.1 Å². The van der Waals surface area contributed by atoms with Crippen LogP contribution in [0.5, 0.6) is 0 Å². The Morgan fingerprint density at radius 3 is 3.11 bits per heavy atom. The molecule has 1 aliphatic carbocycles. The normalized spacial score (nSPS) is 32.3. The summed E-state index contributed by atoms with van der Waals surface area (Å²) in [5, 5.41) is 0. The van der Waals surface area contributed by atoms with Crippen LogP contribution in [0.4, 0.5) is 0 Å². The Morgan fingerprint density at radius 1 is 1.39 bits per heavy atom. The molecular formula is C14H23NO3. The summed E-state index contributed by atoms with van der Waals surface area (Å²) in [4.78, 5) is 13.9. The second-order valence-electron chi connectivity index (χ2n) is 5.01. The fourth-order valence-corrected chi connectivity index (χ4v) is 2.69. The number of hydrogen-bond donors (Lipinski definition) is 0. The van der Waals surface area contributed by atoms with Crippen molar-refractivity contribution in [2.45, 2.75) is 44.2 Å². The van der Waals surface area contributed by atoms with Crippen molar-refractivity contribution in [2.24, 2.45) is 0 Å². The summed E-state index contributed by atoms with van der Waals surface area (Å²) in [6.45, 7) is 2.17. The molecule has 1 fully saturated rings. The van der Waals surface area contributed by atoms with Crippen LogP contribution in [0.25, 0.3) is 0 Å². The van der Waals surface area contributed by atoms with Crippen LogP contribution < -0.4 is 0 Å². The van der Waals surface area contributed by atoms with Crippen LogP contribution in [0.15, 0.2) is 12.2 Å². The first-order chi connectivity index (χ1) is 8.81. The van der Waals surface area contributed by atoms with Gasteiger partial charge < -0.3 is 9.47 Å². The Labute approximate surface area is 109 Å². The highest BCUT2D eigenvalue weighted by atomic mass is 16.6. The second kappa shape index (κ2) is 6.90. The van der Waals surface area contributed by atoms with E-state index in [1.807, 2.05) is 0 Å². The van der Waals surface area contributed by atoms with Crippen molar-refractivity contribution >= 4 is 5.97 Å². The van der Waals surface area contributed by atoms with Gasteiger partial charge in [-0.2, -0.15) is 0 Å². The standard InChI is InChI=1S/C14H23NO3/c1-17-14(16)13-11-15(9-10-18-13)12-7-5-3-2-4-6-8-12/h5,7,12-13H,2-4,6,8-11H2,1H3/b7-5+. The van der Waals surface area contributed by atoms with E-state index in [1.165, 1.54) is 39.2 Å². The number of nitrogens with zero attached hydrogens (tertiary/aromatic N) is 1. The molecule has 2 aliphatic rings. The fraction of sp³-hybridized carbons (Fsp3) is 0.786. The summed E-state index contributed by atoms with van der Waals surface area (Å²) in [5.41, 5.74) is 0. The molecule has 0 aromatic rings. The highest BCUT2D eigenvalue weighted by molar-refractivity contribution is 5.74. The van der Waals surface area contributed by atoms with Crippen molar-refractivity contribution in [3.8, 4) is 0 Å². The molecule has 102 valence electrons. The van der Waals surface area contributed by atoms with Crippen LogP contribution in [0, 0.1) is 0 Å². The predicted octanol–water partition coefficient (Wildman–Crippen LogP) is 1.75. The summed E-state index contributed by atoms with van der Waals surface area (Å²) in [6.07, 6.45) is 10.4. The molecule has 2 atom stereocenters. The molecule has 2 rings (SSSR count). The number of ether oxygens (including phenoxy) is 2. The first-order valence-electron chi connectivity index (χ1n) is 6.91. The van der Waals surface area contributed by atoms with E-state index in [1.54, 1.807) is 0 Å². The minimum atomic E-state index is -0.414. The molecule has 2 unspecified atom stereocenters. The molecule has 1 saturated heterocycles. The van der Waals surface area contributed by atoms with Gasteiger partial charge in [0, 0.05) is 19.1 Å². The Kier molecular flexibility index (Phi) is 5.20. The van der Waals surface area contributed by atoms with Crippen molar-refractivity contribution in [3.63, 3.8) is 0 Å². The lowest BCUT2D eigenvalue weighted by molar-refractivity contribution is -0.160. The van der Waals surface area contributed by atoms with E-state index in [2.05, 4.69) is 17.1 Å². The monoisotopic (exact) mass is 253 g/mol. The molecule has 0 spiro atoms. The first-order valence-corrected chi connectivity index (χ1v) is 6.91. The number of allylic oxidation sites excluding steroid dienone is 1. The molecule has 0 aromatic heterocycles. The lowest BCUT2D eigenvalue weighted by Crippen LogP contribution is -2.50. The minimum Gasteiger partial charge on any atom is -0.467 e. The molecule has 0 radical (unpaired) electrons. The maximum atomic E-state index is 11.5. The van der Waals surface area contributed by atoms with E-state index >= 15 is 0 Å². The molecule has 1 aliphatic heterocycles. The van der Waals surface area contributed by atoms with E-state index in [9.17, 15) is 4.79 Å². The van der Waals surface area contributed by atoms with Crippen molar-refractivity contribution in [2.75, 3.05) is 26.8 Å². The van der Waals surface area contributed by atoms with Crippen molar-refractivity contribution in [1.29, 1.82) is 0 Å². The van der Waals surface area contributed by atoms with Gasteiger partial charge in [0.1, 0.15) is 0 Å². The van der Waals surface area contributed by atoms with Gasteiger partial charge in [-0.15, -0.1) is 0 Å². The number of morpholine rings is 1. The van der Waals surface area contributed by atoms with Gasteiger partial charge >= 0.3 is 5.97 Å². The number of hydrogen-bond acceptors (Lipinski definition) is 4. The molecule has 4 nitrogen and oxygen atoms in total. The third-order valence-electron chi connectivity index (χ3n) is 3.76. The van der Waals surface area contributed by atoms with Gasteiger partial charge in [-0.05, 0) is 19.3 Å². The van der Waals surface area contributed by atoms with E-state index < -0.39 is 6.10 Å². The van der Waals surface area contributed by atoms with E-state index in [0.29, 0.717) is 19.2 Å². The van der Waals surface area contributed by atoms with Crippen LogP contribution in [-0.2, 0) is 14.3 Å². The van der Waals surface area contributed by atoms with Gasteiger partial charge in [0.25, 0.3) is 0 Å². The highest BCUT2D eigenvalue weighted by Crippen LogP contribution is 2.19. The first kappa shape index (κ1) is 13.6. The maximum Gasteiger partial charge on any atom is 0.336 e. The largest absolute Gasteiger partial charge is 0.467 e. The van der Waals surface area contributed by atoms with Gasteiger partial charge in [-0.25, -0.2) is 4.79 Å². The zero-order valence-electron chi connectivity index (χ0n) is 11.1. The average Bonchev–Trinajstić information content (AvgIpc) is 2.37. The molecular weight excluding hydrogens is 230 g/mol. The summed E-state index contributed by atoms with van der Waals surface area (Å²) in [6, 6.07) is 0.460. The number of carbonyl (C=O) groups is 1. The molecule has 0 saturated carbocycles. The van der Waals surface area contributed by atoms with Gasteiger partial charge in [0.2, 0.25) is 0 Å². The van der Waals surface area contributed by atoms with Crippen molar-refractivity contribution in [3.05, 3.63) is 12.2 Å². The van der Waals surface area contributed by atoms with Crippen LogP contribution >= 0.6 is 0 Å². The van der Waals surface area contributed by atoms with Crippen molar-refractivity contribution in [1.82, 2.24) is 4.90 Å². The Balaban J connectivity index is 1.94. The minimum absolute atomic E-state index is 0.255. The number of methoxy groups -OCH3 is 1. The van der Waals surface area contributed by atoms with Gasteiger partial charge in [0.15, 0.2) is 6.10 Å². The third kappa shape index (κ3) is 3.56. The maximum absolute atomic E-state index is 11.5. The predicted molar refractivity (Wildman–Crippen MR) is 69.3 cm³/mol. The molecule has 1 heterocycles. The van der Waals surface area contributed by atoms with Crippen molar-refractivity contribution < 1.29 is 14.3 Å². The van der Waals surface area contributed by atoms with Gasteiger partial charge in [0.05, 0.1) is 13.7 Å². The number of esters is 1. The topological polar surface area (TPSA) is 38.8 Å². The lowest BCUT2D eigenvalue weighted by Gasteiger charge is -2.36. The Hall–Kier alpha value is -0.870. The van der Waals surface area contributed by atoms with E-state index in [4.69, 9.17) is 9.47 Å². The summed E-state index contributed by atoms with van der Waals surface area (Å²) >= 11 is 0. The summed E-state index contributed by atoms with van der Waals surface area (Å²) in [7, 11) is 1.42. The lowest BCUT2D eigenvalue weighted by atomic mass is 10.0. The van der Waals surface area contributed by atoms with Crippen LogP contribution in [0.2, 0.25) is 0 Å². The number of carbonyl (C=O) groups excluding carboxylic acids is 1. The molecule has 0 aromatic carbocycles. The average molecular weight is 253 g/mol. The summed E-state index contributed by atoms with van der Waals surface area (Å²) in [5.74, 6) is -0.255. The van der Waals surface area contributed by atoms with E-state index in [0.717, 1.165) is 6.54 Å². The fourth-order valence-electron chi connectivity index (χ4n) is 2.69. The van der Waals surface area contributed by atoms with Gasteiger partial charge in [-0.3, -0.25) is 4.90 Å². The smallest absolute Gasteiger partial charge is 0.336 e. The van der Waals surface area contributed by atoms with Gasteiger partial charge in [-0.1, -0.05) is 25.0 Å². The molecule has 4 heteroatoms. The molecule has 0 N–H and O–H groups in total.